The zero-order valence-corrected chi connectivity index (χ0v) is 22.0. The summed E-state index contributed by atoms with van der Waals surface area (Å²) in [5, 5.41) is 11.5. The van der Waals surface area contributed by atoms with E-state index in [2.05, 4.69) is 23.7 Å². The first-order valence-corrected chi connectivity index (χ1v) is 12.5. The van der Waals surface area contributed by atoms with Gasteiger partial charge in [-0.05, 0) is 86.3 Å². The number of ketones is 1. The largest absolute Gasteiger partial charge is 0.507 e. The van der Waals surface area contributed by atoms with Crippen LogP contribution >= 0.6 is 0 Å². The first-order valence-electron chi connectivity index (χ1n) is 12.5. The van der Waals surface area contributed by atoms with Gasteiger partial charge in [0.15, 0.2) is 0 Å². The van der Waals surface area contributed by atoms with Gasteiger partial charge in [0.25, 0.3) is 11.7 Å². The molecule has 1 unspecified atom stereocenters. The molecule has 37 heavy (non-hydrogen) atoms. The smallest absolute Gasteiger partial charge is 0.295 e. The van der Waals surface area contributed by atoms with Crippen molar-refractivity contribution in [2.24, 2.45) is 0 Å². The minimum absolute atomic E-state index is 0.0855. The standard InChI is InChI=1S/C30H33N3O4/c1-6-32(7-2)23-10-8-22(9-11-23)27-26(28(34)24-16-20(4)25(37-5)17-19(24)3)29(35)30(36)33(27)18-21-12-14-31-15-13-21/h8-17,27,34H,6-7,18H2,1-5H3/b28-26+. The molecule has 0 radical (unpaired) electrons. The lowest BCUT2D eigenvalue weighted by atomic mass is 9.93. The monoisotopic (exact) mass is 499 g/mol. The number of pyridine rings is 1. The molecule has 1 aliphatic heterocycles. The number of carbonyl (C=O) groups is 2. The second-order valence-electron chi connectivity index (χ2n) is 9.18. The molecule has 2 heterocycles. The number of rotatable bonds is 8. The SMILES string of the molecule is CCN(CC)c1ccc(C2/C(=C(\O)c3cc(C)c(OC)cc3C)C(=O)C(=O)N2Cc2ccncc2)cc1. The number of aryl methyl sites for hydroxylation is 2. The van der Waals surface area contributed by atoms with Gasteiger partial charge in [-0.15, -0.1) is 0 Å². The molecule has 3 aromatic rings. The molecule has 4 rings (SSSR count). The zero-order valence-electron chi connectivity index (χ0n) is 22.0. The fraction of sp³-hybridized carbons (Fsp3) is 0.300. The lowest BCUT2D eigenvalue weighted by Crippen LogP contribution is -2.29. The highest BCUT2D eigenvalue weighted by atomic mass is 16.5. The Balaban J connectivity index is 1.87. The van der Waals surface area contributed by atoms with Crippen LogP contribution in [0, 0.1) is 13.8 Å². The molecule has 1 atom stereocenters. The predicted octanol–water partition coefficient (Wildman–Crippen LogP) is 5.18. The van der Waals surface area contributed by atoms with E-state index in [1.54, 1.807) is 25.6 Å². The van der Waals surface area contributed by atoms with Crippen LogP contribution in [0.25, 0.3) is 5.76 Å². The molecule has 1 N–H and O–H groups in total. The summed E-state index contributed by atoms with van der Waals surface area (Å²) >= 11 is 0. The average molecular weight is 500 g/mol. The summed E-state index contributed by atoms with van der Waals surface area (Å²) in [5.41, 5.74) is 4.82. The minimum Gasteiger partial charge on any atom is -0.507 e. The van der Waals surface area contributed by atoms with Crippen LogP contribution in [0.3, 0.4) is 0 Å². The fourth-order valence-corrected chi connectivity index (χ4v) is 4.94. The molecule has 1 amide bonds. The third-order valence-electron chi connectivity index (χ3n) is 6.98. The van der Waals surface area contributed by atoms with Crippen LogP contribution in [-0.2, 0) is 16.1 Å². The van der Waals surface area contributed by atoms with E-state index in [0.717, 1.165) is 41.0 Å². The van der Waals surface area contributed by atoms with E-state index in [1.165, 1.54) is 4.90 Å². The molecular weight excluding hydrogens is 466 g/mol. The van der Waals surface area contributed by atoms with Crippen LogP contribution in [0.5, 0.6) is 5.75 Å². The Morgan fingerprint density at radius 2 is 1.65 bits per heavy atom. The van der Waals surface area contributed by atoms with Crippen LogP contribution in [0.15, 0.2) is 66.5 Å². The van der Waals surface area contributed by atoms with Crippen molar-refractivity contribution >= 4 is 23.1 Å². The van der Waals surface area contributed by atoms with Gasteiger partial charge in [0.2, 0.25) is 0 Å². The molecule has 0 aliphatic carbocycles. The number of ether oxygens (including phenoxy) is 1. The number of methoxy groups -OCH3 is 1. The fourth-order valence-electron chi connectivity index (χ4n) is 4.94. The van der Waals surface area contributed by atoms with Crippen LogP contribution in [0.4, 0.5) is 5.69 Å². The van der Waals surface area contributed by atoms with Crippen molar-refractivity contribution < 1.29 is 19.4 Å². The van der Waals surface area contributed by atoms with Crippen molar-refractivity contribution in [3.8, 4) is 5.75 Å². The van der Waals surface area contributed by atoms with Gasteiger partial charge in [0.05, 0.1) is 18.7 Å². The molecule has 1 aliphatic rings. The average Bonchev–Trinajstić information content (AvgIpc) is 3.16. The number of nitrogens with zero attached hydrogens (tertiary/aromatic N) is 3. The third kappa shape index (κ3) is 4.94. The number of hydrogen-bond donors (Lipinski definition) is 1. The molecule has 7 nitrogen and oxygen atoms in total. The second-order valence-corrected chi connectivity index (χ2v) is 9.18. The Bertz CT molecular complexity index is 1330. The van der Waals surface area contributed by atoms with Crippen molar-refractivity contribution in [2.45, 2.75) is 40.3 Å². The second kappa shape index (κ2) is 10.9. The maximum atomic E-state index is 13.4. The normalized spacial score (nSPS) is 16.8. The van der Waals surface area contributed by atoms with Gasteiger partial charge in [-0.3, -0.25) is 14.6 Å². The zero-order chi connectivity index (χ0) is 26.7. The number of anilines is 1. The quantitative estimate of drug-likeness (QED) is 0.261. The Kier molecular flexibility index (Phi) is 7.62. The van der Waals surface area contributed by atoms with Crippen LogP contribution in [-0.4, -0.2) is 46.9 Å². The van der Waals surface area contributed by atoms with Crippen molar-refractivity contribution in [1.82, 2.24) is 9.88 Å². The number of aliphatic hydroxyl groups is 1. The summed E-state index contributed by atoms with van der Waals surface area (Å²) < 4.78 is 5.41. The van der Waals surface area contributed by atoms with Crippen LogP contribution < -0.4 is 9.64 Å². The molecule has 1 saturated heterocycles. The predicted molar refractivity (Wildman–Crippen MR) is 145 cm³/mol. The first kappa shape index (κ1) is 25.9. The summed E-state index contributed by atoms with van der Waals surface area (Å²) in [6.07, 6.45) is 3.31. The van der Waals surface area contributed by atoms with E-state index in [1.807, 2.05) is 56.3 Å². The maximum Gasteiger partial charge on any atom is 0.295 e. The highest BCUT2D eigenvalue weighted by molar-refractivity contribution is 6.46. The van der Waals surface area contributed by atoms with E-state index >= 15 is 0 Å². The summed E-state index contributed by atoms with van der Waals surface area (Å²) in [4.78, 5) is 34.6. The van der Waals surface area contributed by atoms with Gasteiger partial charge in [-0.1, -0.05) is 12.1 Å². The Morgan fingerprint density at radius 1 is 1.00 bits per heavy atom. The summed E-state index contributed by atoms with van der Waals surface area (Å²) in [6.45, 7) is 9.87. The van der Waals surface area contributed by atoms with Gasteiger partial charge < -0.3 is 19.6 Å². The lowest BCUT2D eigenvalue weighted by Gasteiger charge is -2.27. The topological polar surface area (TPSA) is 83.0 Å². The highest BCUT2D eigenvalue weighted by Crippen LogP contribution is 2.41. The number of likely N-dealkylation sites (tertiary alicyclic amines) is 1. The number of carbonyl (C=O) groups excluding carboxylic acids is 2. The summed E-state index contributed by atoms with van der Waals surface area (Å²) in [6, 6.07) is 14.4. The Hall–Kier alpha value is -4.13. The molecule has 1 aromatic heterocycles. The van der Waals surface area contributed by atoms with Crippen molar-refractivity contribution in [3.05, 3.63) is 94.3 Å². The number of aliphatic hydroxyl groups excluding tert-OH is 1. The van der Waals surface area contributed by atoms with E-state index in [9.17, 15) is 14.7 Å². The van der Waals surface area contributed by atoms with Gasteiger partial charge >= 0.3 is 0 Å². The van der Waals surface area contributed by atoms with Crippen molar-refractivity contribution in [2.75, 3.05) is 25.1 Å². The van der Waals surface area contributed by atoms with Gasteiger partial charge in [0.1, 0.15) is 11.5 Å². The summed E-state index contributed by atoms with van der Waals surface area (Å²) in [7, 11) is 1.59. The van der Waals surface area contributed by atoms with Crippen LogP contribution in [0.1, 0.15) is 47.7 Å². The van der Waals surface area contributed by atoms with Gasteiger partial charge in [-0.25, -0.2) is 0 Å². The molecule has 1 fully saturated rings. The highest BCUT2D eigenvalue weighted by Gasteiger charge is 2.46. The molecule has 2 aromatic carbocycles. The number of aromatic nitrogens is 1. The number of Topliss-reactive ketones (excluding diaryl/α,β-unsaturated/α-hetero) is 1. The van der Waals surface area contributed by atoms with E-state index in [0.29, 0.717) is 11.3 Å². The molecule has 192 valence electrons. The van der Waals surface area contributed by atoms with E-state index < -0.39 is 17.7 Å². The first-order chi connectivity index (χ1) is 17.8. The molecule has 0 saturated carbocycles. The number of hydrogen-bond acceptors (Lipinski definition) is 6. The van der Waals surface area contributed by atoms with Crippen molar-refractivity contribution in [3.63, 3.8) is 0 Å². The molecule has 0 spiro atoms. The van der Waals surface area contributed by atoms with Gasteiger partial charge in [0, 0.05) is 43.3 Å². The molecule has 7 heteroatoms. The van der Waals surface area contributed by atoms with Crippen LogP contribution in [0.2, 0.25) is 0 Å². The molecular formula is C30H33N3O4. The third-order valence-corrected chi connectivity index (χ3v) is 6.98. The van der Waals surface area contributed by atoms with Crippen molar-refractivity contribution in [1.29, 1.82) is 0 Å². The number of amides is 1. The number of benzene rings is 2. The minimum atomic E-state index is -0.735. The maximum absolute atomic E-state index is 13.4. The lowest BCUT2D eigenvalue weighted by molar-refractivity contribution is -0.140. The Morgan fingerprint density at radius 3 is 2.24 bits per heavy atom. The van der Waals surface area contributed by atoms with E-state index in [-0.39, 0.29) is 17.9 Å². The van der Waals surface area contributed by atoms with Gasteiger partial charge in [-0.2, -0.15) is 0 Å². The summed E-state index contributed by atoms with van der Waals surface area (Å²) in [5.74, 6) is -0.830. The Labute approximate surface area is 218 Å². The van der Waals surface area contributed by atoms with E-state index in [4.69, 9.17) is 4.74 Å². The molecule has 0 bridgehead atoms.